The van der Waals surface area contributed by atoms with Gasteiger partial charge in [-0.25, -0.2) is 4.98 Å². The molecule has 2 amide bonds. The fourth-order valence-electron chi connectivity index (χ4n) is 3.48. The highest BCUT2D eigenvalue weighted by atomic mass is 16.5. The number of primary amides is 1. The molecule has 9 nitrogen and oxygen atoms in total. The Morgan fingerprint density at radius 2 is 2.00 bits per heavy atom. The van der Waals surface area contributed by atoms with Gasteiger partial charge in [-0.1, -0.05) is 5.16 Å². The largest absolute Gasteiger partial charge is 0.366 e. The molecule has 2 aromatic heterocycles. The van der Waals surface area contributed by atoms with Crippen LogP contribution in [0.1, 0.15) is 29.0 Å². The summed E-state index contributed by atoms with van der Waals surface area (Å²) in [5.41, 5.74) is 7.04. The molecule has 0 aliphatic carbocycles. The van der Waals surface area contributed by atoms with Gasteiger partial charge in [0, 0.05) is 30.5 Å². The lowest BCUT2D eigenvalue weighted by molar-refractivity contribution is -0.120. The molecule has 154 valence electrons. The van der Waals surface area contributed by atoms with Crippen LogP contribution in [0.5, 0.6) is 0 Å². The summed E-state index contributed by atoms with van der Waals surface area (Å²) in [5, 5.41) is 6.71. The van der Waals surface area contributed by atoms with E-state index in [-0.39, 0.29) is 11.8 Å². The molecule has 0 spiro atoms. The van der Waals surface area contributed by atoms with Gasteiger partial charge in [-0.05, 0) is 56.2 Å². The zero-order chi connectivity index (χ0) is 21.1. The number of nitrogens with two attached hydrogens (primary N) is 1. The van der Waals surface area contributed by atoms with Crippen LogP contribution in [0.4, 0.5) is 11.5 Å². The highest BCUT2D eigenvalue weighted by Crippen LogP contribution is 2.25. The summed E-state index contributed by atoms with van der Waals surface area (Å²) >= 11 is 0. The quantitative estimate of drug-likeness (QED) is 0.666. The first kappa shape index (κ1) is 19.6. The third-order valence-electron chi connectivity index (χ3n) is 5.08. The van der Waals surface area contributed by atoms with Crippen molar-refractivity contribution in [3.8, 4) is 11.5 Å². The first-order valence-corrected chi connectivity index (χ1v) is 9.72. The number of carbonyl (C=O) groups excluding carboxylic acids is 2. The van der Waals surface area contributed by atoms with Crippen molar-refractivity contribution in [1.82, 2.24) is 15.1 Å². The van der Waals surface area contributed by atoms with Crippen LogP contribution >= 0.6 is 0 Å². The summed E-state index contributed by atoms with van der Waals surface area (Å²) in [7, 11) is 0. The molecule has 3 aromatic rings. The van der Waals surface area contributed by atoms with Crippen LogP contribution in [-0.2, 0) is 4.79 Å². The van der Waals surface area contributed by atoms with E-state index in [1.54, 1.807) is 37.4 Å². The molecule has 0 radical (unpaired) electrons. The summed E-state index contributed by atoms with van der Waals surface area (Å²) in [6.45, 7) is 3.18. The summed E-state index contributed by atoms with van der Waals surface area (Å²) in [4.78, 5) is 34.7. The van der Waals surface area contributed by atoms with Crippen molar-refractivity contribution in [2.75, 3.05) is 23.3 Å². The molecule has 4 rings (SSSR count). The van der Waals surface area contributed by atoms with E-state index in [1.165, 1.54) is 0 Å². The van der Waals surface area contributed by atoms with Crippen LogP contribution in [0.15, 0.2) is 47.1 Å². The molecule has 1 saturated heterocycles. The Balaban J connectivity index is 1.40. The van der Waals surface area contributed by atoms with E-state index in [4.69, 9.17) is 10.3 Å². The fourth-order valence-corrected chi connectivity index (χ4v) is 3.48. The smallest absolute Gasteiger partial charge is 0.259 e. The molecule has 1 aromatic carbocycles. The van der Waals surface area contributed by atoms with Crippen molar-refractivity contribution in [3.63, 3.8) is 0 Å². The molecule has 0 unspecified atom stereocenters. The summed E-state index contributed by atoms with van der Waals surface area (Å²) in [6.07, 6.45) is 3.40. The van der Waals surface area contributed by atoms with Crippen molar-refractivity contribution in [2.24, 2.45) is 11.7 Å². The van der Waals surface area contributed by atoms with Crippen LogP contribution in [0, 0.1) is 12.8 Å². The number of benzene rings is 1. The molecule has 30 heavy (non-hydrogen) atoms. The molecule has 9 heteroatoms. The third-order valence-corrected chi connectivity index (χ3v) is 5.08. The molecule has 1 aliphatic rings. The molecule has 0 saturated carbocycles. The van der Waals surface area contributed by atoms with Crippen molar-refractivity contribution >= 4 is 23.3 Å². The number of hydrogen-bond donors (Lipinski definition) is 2. The van der Waals surface area contributed by atoms with Crippen LogP contribution in [0.2, 0.25) is 0 Å². The molecule has 1 atom stereocenters. The Bertz CT molecular complexity index is 1050. The van der Waals surface area contributed by atoms with Gasteiger partial charge in [-0.2, -0.15) is 4.98 Å². The lowest BCUT2D eigenvalue weighted by Crippen LogP contribution is -2.41. The number of hydrogen-bond acceptors (Lipinski definition) is 7. The Morgan fingerprint density at radius 3 is 2.63 bits per heavy atom. The van der Waals surface area contributed by atoms with Gasteiger partial charge in [0.2, 0.25) is 11.8 Å². The fraction of sp³-hybridized carbons (Fsp3) is 0.286. The monoisotopic (exact) mass is 406 g/mol. The van der Waals surface area contributed by atoms with E-state index in [2.05, 4.69) is 25.3 Å². The average Bonchev–Trinajstić information content (AvgIpc) is 3.20. The number of amides is 2. The zero-order valence-corrected chi connectivity index (χ0v) is 16.5. The van der Waals surface area contributed by atoms with Crippen LogP contribution < -0.4 is 16.0 Å². The third kappa shape index (κ3) is 4.29. The van der Waals surface area contributed by atoms with Crippen LogP contribution in [-0.4, -0.2) is 40.0 Å². The summed E-state index contributed by atoms with van der Waals surface area (Å²) in [6, 6.07) is 10.3. The van der Waals surface area contributed by atoms with E-state index in [9.17, 15) is 9.59 Å². The number of nitrogens with zero attached hydrogens (tertiary/aromatic N) is 4. The maximum Gasteiger partial charge on any atom is 0.259 e. The number of nitrogens with one attached hydrogen (secondary N) is 1. The number of anilines is 2. The van der Waals surface area contributed by atoms with Gasteiger partial charge in [0.1, 0.15) is 5.82 Å². The lowest BCUT2D eigenvalue weighted by atomic mass is 9.97. The predicted molar refractivity (Wildman–Crippen MR) is 111 cm³/mol. The minimum absolute atomic E-state index is 0.0514. The second kappa shape index (κ2) is 8.32. The molecule has 1 aliphatic heterocycles. The average molecular weight is 406 g/mol. The lowest BCUT2D eigenvalue weighted by Gasteiger charge is -2.32. The first-order chi connectivity index (χ1) is 14.5. The number of aryl methyl sites for hydroxylation is 1. The standard InChI is InChI=1S/C21H22N6O3/c1-13-24-21(30-26-13)15-6-9-18(23-11-15)27-10-2-3-16(12-27)20(29)25-17-7-4-14(5-8-17)19(22)28/h4-9,11,16H,2-3,10,12H2,1H3,(H2,22,28)(H,25,29)/t16-/m1/s1. The molecular formula is C21H22N6O3. The maximum absolute atomic E-state index is 12.7. The van der Waals surface area contributed by atoms with Crippen molar-refractivity contribution in [2.45, 2.75) is 19.8 Å². The van der Waals surface area contributed by atoms with E-state index in [0.717, 1.165) is 30.8 Å². The van der Waals surface area contributed by atoms with Crippen LogP contribution in [0.25, 0.3) is 11.5 Å². The Labute approximate surface area is 173 Å². The van der Waals surface area contributed by atoms with E-state index in [0.29, 0.717) is 29.5 Å². The molecule has 3 N–H and O–H groups in total. The predicted octanol–water partition coefficient (Wildman–Crippen LogP) is 2.39. The van der Waals surface area contributed by atoms with Gasteiger partial charge in [0.05, 0.1) is 11.5 Å². The Morgan fingerprint density at radius 1 is 1.20 bits per heavy atom. The number of pyridine rings is 1. The van der Waals surface area contributed by atoms with Gasteiger partial charge < -0.3 is 20.5 Å². The summed E-state index contributed by atoms with van der Waals surface area (Å²) < 4.78 is 5.17. The first-order valence-electron chi connectivity index (χ1n) is 9.72. The van der Waals surface area contributed by atoms with E-state index < -0.39 is 5.91 Å². The highest BCUT2D eigenvalue weighted by molar-refractivity contribution is 5.95. The van der Waals surface area contributed by atoms with Gasteiger partial charge in [0.15, 0.2) is 5.82 Å². The normalized spacial score (nSPS) is 16.3. The minimum Gasteiger partial charge on any atom is -0.366 e. The van der Waals surface area contributed by atoms with E-state index in [1.807, 2.05) is 12.1 Å². The van der Waals surface area contributed by atoms with Gasteiger partial charge in [-0.15, -0.1) is 0 Å². The number of carbonyl (C=O) groups is 2. The van der Waals surface area contributed by atoms with E-state index >= 15 is 0 Å². The van der Waals surface area contributed by atoms with Crippen molar-refractivity contribution < 1.29 is 14.1 Å². The topological polar surface area (TPSA) is 127 Å². The van der Waals surface area contributed by atoms with Crippen molar-refractivity contribution in [3.05, 3.63) is 54.0 Å². The number of aromatic nitrogens is 3. The Hall–Kier alpha value is -3.75. The number of rotatable bonds is 5. The molecule has 1 fully saturated rings. The van der Waals surface area contributed by atoms with Gasteiger partial charge in [0.25, 0.3) is 5.89 Å². The zero-order valence-electron chi connectivity index (χ0n) is 16.5. The van der Waals surface area contributed by atoms with Crippen molar-refractivity contribution in [1.29, 1.82) is 0 Å². The molecule has 3 heterocycles. The van der Waals surface area contributed by atoms with Gasteiger partial charge >= 0.3 is 0 Å². The SMILES string of the molecule is Cc1noc(-c2ccc(N3CCC[C@@H](C(=O)Nc4ccc(C(N)=O)cc4)C3)nc2)n1. The summed E-state index contributed by atoms with van der Waals surface area (Å²) in [5.74, 6) is 1.11. The second-order valence-corrected chi connectivity index (χ2v) is 7.27. The molecule has 0 bridgehead atoms. The maximum atomic E-state index is 12.7. The highest BCUT2D eigenvalue weighted by Gasteiger charge is 2.26. The van der Waals surface area contributed by atoms with Crippen LogP contribution in [0.3, 0.4) is 0 Å². The Kier molecular flexibility index (Phi) is 5.42. The number of piperidine rings is 1. The molecular weight excluding hydrogens is 384 g/mol. The second-order valence-electron chi connectivity index (χ2n) is 7.27. The minimum atomic E-state index is -0.497. The van der Waals surface area contributed by atoms with Gasteiger partial charge in [-0.3, -0.25) is 9.59 Å².